The van der Waals surface area contributed by atoms with E-state index >= 15 is 0 Å². The highest BCUT2D eigenvalue weighted by atomic mass is 35.5. The molecule has 1 aromatic carbocycles. The molecule has 1 aromatic rings. The van der Waals surface area contributed by atoms with Crippen LogP contribution in [0, 0.1) is 5.92 Å². The summed E-state index contributed by atoms with van der Waals surface area (Å²) in [5.74, 6) is 0.0653. The van der Waals surface area contributed by atoms with Crippen LogP contribution in [0.15, 0.2) is 24.3 Å². The molecule has 102 valence electrons. The van der Waals surface area contributed by atoms with Gasteiger partial charge in [0.05, 0.1) is 0 Å². The predicted molar refractivity (Wildman–Crippen MR) is 77.7 cm³/mol. The number of halogens is 1. The van der Waals surface area contributed by atoms with Crippen LogP contribution in [0.4, 0.5) is 5.69 Å². The van der Waals surface area contributed by atoms with Crippen molar-refractivity contribution < 1.29 is 4.79 Å². The maximum atomic E-state index is 11.4. The third kappa shape index (κ3) is 5.38. The number of carbonyl (C=O) groups excluding carboxylic acids is 1. The van der Waals surface area contributed by atoms with Crippen molar-refractivity contribution >= 4 is 24.0 Å². The molecule has 18 heavy (non-hydrogen) atoms. The summed E-state index contributed by atoms with van der Waals surface area (Å²) in [5, 5.41) is 2.66. The Morgan fingerprint density at radius 1 is 1.50 bits per heavy atom. The van der Waals surface area contributed by atoms with E-state index in [9.17, 15) is 4.79 Å². The summed E-state index contributed by atoms with van der Waals surface area (Å²) < 4.78 is 0. The molecule has 3 N–H and O–H groups in total. The lowest BCUT2D eigenvalue weighted by Gasteiger charge is -2.20. The molecule has 0 saturated carbocycles. The monoisotopic (exact) mass is 271 g/mol. The summed E-state index contributed by atoms with van der Waals surface area (Å²) in [6.07, 6.45) is 0. The quantitative estimate of drug-likeness (QED) is 0.798. The molecule has 0 saturated heterocycles. The molecule has 0 spiro atoms. The van der Waals surface area contributed by atoms with Crippen molar-refractivity contribution in [1.29, 1.82) is 0 Å². The number of nitrogens with one attached hydrogen (secondary N) is 1. The highest BCUT2D eigenvalue weighted by Gasteiger charge is 2.13. The van der Waals surface area contributed by atoms with Crippen LogP contribution < -0.4 is 11.1 Å². The molecule has 1 atom stereocenters. The van der Waals surface area contributed by atoms with E-state index in [4.69, 9.17) is 5.73 Å². The molecule has 0 aromatic heterocycles. The van der Waals surface area contributed by atoms with Gasteiger partial charge in [-0.2, -0.15) is 0 Å². The summed E-state index contributed by atoms with van der Waals surface area (Å²) in [5.41, 5.74) is 7.66. The molecule has 1 unspecified atom stereocenters. The van der Waals surface area contributed by atoms with Gasteiger partial charge in [0.15, 0.2) is 0 Å². The van der Waals surface area contributed by atoms with Gasteiger partial charge in [0, 0.05) is 31.7 Å². The number of nitrogens with two attached hydrogens (primary N) is 1. The van der Waals surface area contributed by atoms with Crippen LogP contribution in [0.2, 0.25) is 0 Å². The van der Waals surface area contributed by atoms with E-state index < -0.39 is 0 Å². The summed E-state index contributed by atoms with van der Waals surface area (Å²) >= 11 is 0. The second kappa shape index (κ2) is 7.95. The first kappa shape index (κ1) is 16.7. The van der Waals surface area contributed by atoms with Crippen LogP contribution >= 0.6 is 12.4 Å². The Morgan fingerprint density at radius 3 is 2.72 bits per heavy atom. The van der Waals surface area contributed by atoms with Crippen LogP contribution in [0.1, 0.15) is 12.5 Å². The normalized spacial score (nSPS) is 11.8. The maximum Gasteiger partial charge on any atom is 0.223 e. The topological polar surface area (TPSA) is 58.4 Å². The molecular formula is C13H22ClN3O. The largest absolute Gasteiger partial charge is 0.399 e. The number of nitrogens with zero attached hydrogens (tertiary/aromatic N) is 1. The fraction of sp³-hybridized carbons (Fsp3) is 0.462. The average molecular weight is 272 g/mol. The molecular weight excluding hydrogens is 250 g/mol. The molecule has 0 aliphatic rings. The fourth-order valence-corrected chi connectivity index (χ4v) is 1.86. The van der Waals surface area contributed by atoms with Gasteiger partial charge in [-0.25, -0.2) is 0 Å². The van der Waals surface area contributed by atoms with Gasteiger partial charge in [0.2, 0.25) is 5.91 Å². The van der Waals surface area contributed by atoms with E-state index in [1.54, 1.807) is 7.05 Å². The number of amides is 1. The highest BCUT2D eigenvalue weighted by molar-refractivity contribution is 5.85. The first-order valence-corrected chi connectivity index (χ1v) is 5.77. The van der Waals surface area contributed by atoms with E-state index in [-0.39, 0.29) is 24.2 Å². The lowest BCUT2D eigenvalue weighted by atomic mass is 10.1. The number of rotatable bonds is 5. The lowest BCUT2D eigenvalue weighted by molar-refractivity contribution is -0.124. The summed E-state index contributed by atoms with van der Waals surface area (Å²) in [6, 6.07) is 7.82. The van der Waals surface area contributed by atoms with Crippen molar-refractivity contribution in [3.63, 3.8) is 0 Å². The molecule has 0 aliphatic heterocycles. The third-order valence-electron chi connectivity index (χ3n) is 2.68. The third-order valence-corrected chi connectivity index (χ3v) is 2.68. The van der Waals surface area contributed by atoms with Crippen LogP contribution in [-0.2, 0) is 11.3 Å². The Morgan fingerprint density at radius 2 is 2.17 bits per heavy atom. The summed E-state index contributed by atoms with van der Waals surface area (Å²) in [6.45, 7) is 3.45. The molecule has 0 radical (unpaired) electrons. The minimum atomic E-state index is -0.00828. The van der Waals surface area contributed by atoms with Crippen molar-refractivity contribution in [2.45, 2.75) is 13.5 Å². The van der Waals surface area contributed by atoms with Crippen molar-refractivity contribution in [2.24, 2.45) is 5.92 Å². The minimum Gasteiger partial charge on any atom is -0.399 e. The van der Waals surface area contributed by atoms with Gasteiger partial charge in [0.1, 0.15) is 0 Å². The smallest absolute Gasteiger partial charge is 0.223 e. The molecule has 1 rings (SSSR count). The molecule has 0 aliphatic carbocycles. The maximum absolute atomic E-state index is 11.4. The minimum absolute atomic E-state index is 0. The number of carbonyl (C=O) groups is 1. The van der Waals surface area contributed by atoms with E-state index in [0.717, 1.165) is 24.3 Å². The number of hydrogen-bond acceptors (Lipinski definition) is 3. The number of benzene rings is 1. The van der Waals surface area contributed by atoms with E-state index in [1.165, 1.54) is 0 Å². The molecule has 0 bridgehead atoms. The van der Waals surface area contributed by atoms with Crippen LogP contribution in [0.3, 0.4) is 0 Å². The molecule has 0 heterocycles. The van der Waals surface area contributed by atoms with Crippen LogP contribution in [0.25, 0.3) is 0 Å². The van der Waals surface area contributed by atoms with E-state index in [0.29, 0.717) is 0 Å². The summed E-state index contributed by atoms with van der Waals surface area (Å²) in [4.78, 5) is 13.5. The van der Waals surface area contributed by atoms with Gasteiger partial charge in [-0.05, 0) is 24.7 Å². The van der Waals surface area contributed by atoms with Crippen molar-refractivity contribution in [3.8, 4) is 0 Å². The first-order chi connectivity index (χ1) is 8.02. The van der Waals surface area contributed by atoms with Crippen molar-refractivity contribution in [3.05, 3.63) is 29.8 Å². The highest BCUT2D eigenvalue weighted by Crippen LogP contribution is 2.09. The van der Waals surface area contributed by atoms with Gasteiger partial charge in [-0.15, -0.1) is 12.4 Å². The van der Waals surface area contributed by atoms with Gasteiger partial charge in [0.25, 0.3) is 0 Å². The Kier molecular flexibility index (Phi) is 7.39. The molecule has 0 fully saturated rings. The second-order valence-corrected chi connectivity index (χ2v) is 4.46. The standard InChI is InChI=1S/C13H21N3O.ClH/c1-10(13(17)15-2)8-16(3)9-11-5-4-6-12(14)7-11;/h4-7,10H,8-9,14H2,1-3H3,(H,15,17);1H. The molecule has 4 nitrogen and oxygen atoms in total. The zero-order valence-electron chi connectivity index (χ0n) is 11.1. The number of anilines is 1. The SMILES string of the molecule is CNC(=O)C(C)CN(C)Cc1cccc(N)c1.Cl. The first-order valence-electron chi connectivity index (χ1n) is 5.77. The zero-order chi connectivity index (χ0) is 12.8. The summed E-state index contributed by atoms with van der Waals surface area (Å²) in [7, 11) is 3.67. The second-order valence-electron chi connectivity index (χ2n) is 4.46. The molecule has 5 heteroatoms. The Labute approximate surface area is 115 Å². The Bertz CT molecular complexity index is 384. The fourth-order valence-electron chi connectivity index (χ4n) is 1.86. The number of hydrogen-bond donors (Lipinski definition) is 2. The average Bonchev–Trinajstić information content (AvgIpc) is 2.27. The Balaban J connectivity index is 0.00000289. The molecule has 1 amide bonds. The van der Waals surface area contributed by atoms with Gasteiger partial charge < -0.3 is 16.0 Å². The van der Waals surface area contributed by atoms with Gasteiger partial charge >= 0.3 is 0 Å². The zero-order valence-corrected chi connectivity index (χ0v) is 12.0. The van der Waals surface area contributed by atoms with Gasteiger partial charge in [-0.1, -0.05) is 19.1 Å². The van der Waals surface area contributed by atoms with Gasteiger partial charge in [-0.3, -0.25) is 4.79 Å². The van der Waals surface area contributed by atoms with Crippen LogP contribution in [-0.4, -0.2) is 31.4 Å². The number of nitrogen functional groups attached to an aromatic ring is 1. The van der Waals surface area contributed by atoms with Crippen molar-refractivity contribution in [2.75, 3.05) is 26.4 Å². The van der Waals surface area contributed by atoms with E-state index in [2.05, 4.69) is 10.2 Å². The van der Waals surface area contributed by atoms with E-state index in [1.807, 2.05) is 38.2 Å². The Hall–Kier alpha value is -1.26. The van der Waals surface area contributed by atoms with Crippen molar-refractivity contribution in [1.82, 2.24) is 10.2 Å². The van der Waals surface area contributed by atoms with Crippen LogP contribution in [0.5, 0.6) is 0 Å². The lowest BCUT2D eigenvalue weighted by Crippen LogP contribution is -2.34. The predicted octanol–water partition coefficient (Wildman–Crippen LogP) is 1.50.